The first-order valence-corrected chi connectivity index (χ1v) is 11.1. The van der Waals surface area contributed by atoms with E-state index >= 15 is 0 Å². The Bertz CT molecular complexity index is 780. The van der Waals surface area contributed by atoms with Gasteiger partial charge < -0.3 is 10.6 Å². The van der Waals surface area contributed by atoms with Crippen molar-refractivity contribution in [3.05, 3.63) is 29.6 Å². The van der Waals surface area contributed by atoms with Crippen LogP contribution < -0.4 is 10.6 Å². The van der Waals surface area contributed by atoms with Crippen LogP contribution in [-0.4, -0.2) is 61.9 Å². The maximum atomic E-state index is 12.6. The van der Waals surface area contributed by atoms with Gasteiger partial charge in [-0.15, -0.1) is 24.0 Å². The van der Waals surface area contributed by atoms with Gasteiger partial charge in [-0.3, -0.25) is 9.98 Å². The van der Waals surface area contributed by atoms with E-state index < -0.39 is 15.5 Å². The van der Waals surface area contributed by atoms with Gasteiger partial charge in [0.2, 0.25) is 0 Å². The average molecular weight is 563 g/mol. The van der Waals surface area contributed by atoms with E-state index in [2.05, 4.69) is 20.6 Å². The Balaban J connectivity index is 0.00000450. The minimum Gasteiger partial charge on any atom is -0.357 e. The van der Waals surface area contributed by atoms with Crippen molar-refractivity contribution >= 4 is 40.0 Å². The smallest absolute Gasteiger partial charge is 0.357 e. The molecule has 0 aromatic carbocycles. The average Bonchev–Trinajstić information content (AvgIpc) is 2.67. The van der Waals surface area contributed by atoms with Crippen LogP contribution in [0, 0.1) is 12.8 Å². The lowest BCUT2D eigenvalue weighted by molar-refractivity contribution is -0.0496. The Morgan fingerprint density at radius 1 is 1.27 bits per heavy atom. The highest BCUT2D eigenvalue weighted by molar-refractivity contribution is 14.0. The monoisotopic (exact) mass is 563 g/mol. The molecule has 172 valence electrons. The third-order valence-corrected chi connectivity index (χ3v) is 6.37. The van der Waals surface area contributed by atoms with Crippen LogP contribution >= 0.6 is 24.0 Å². The Hall–Kier alpha value is -1.15. The summed E-state index contributed by atoms with van der Waals surface area (Å²) in [5.41, 5.74) is -3.17. The van der Waals surface area contributed by atoms with Crippen LogP contribution in [0.5, 0.6) is 0 Å². The summed E-state index contributed by atoms with van der Waals surface area (Å²) < 4.78 is 61.4. The van der Waals surface area contributed by atoms with Crippen molar-refractivity contribution in [1.82, 2.24) is 19.9 Å². The highest BCUT2D eigenvalue weighted by Crippen LogP contribution is 2.30. The molecule has 2 N–H and O–H groups in total. The number of hydrogen-bond donors (Lipinski definition) is 2. The summed E-state index contributed by atoms with van der Waals surface area (Å²) in [6.45, 7) is 5.39. The van der Waals surface area contributed by atoms with E-state index in [1.807, 2.05) is 32.2 Å². The van der Waals surface area contributed by atoms with Crippen molar-refractivity contribution < 1.29 is 21.6 Å². The molecule has 0 bridgehead atoms. The molecule has 2 heterocycles. The lowest BCUT2D eigenvalue weighted by Crippen LogP contribution is -2.45. The van der Waals surface area contributed by atoms with Gasteiger partial charge in [0.05, 0.1) is 0 Å². The van der Waals surface area contributed by atoms with Crippen LogP contribution in [0.4, 0.5) is 13.2 Å². The van der Waals surface area contributed by atoms with Gasteiger partial charge in [-0.2, -0.15) is 17.5 Å². The molecule has 30 heavy (non-hydrogen) atoms. The normalized spacial score (nSPS) is 16.8. The molecule has 1 aromatic heterocycles. The molecule has 7 nitrogen and oxygen atoms in total. The van der Waals surface area contributed by atoms with Crippen LogP contribution in [0.1, 0.15) is 31.0 Å². The first kappa shape index (κ1) is 26.9. The largest absolute Gasteiger partial charge is 0.511 e. The first-order chi connectivity index (χ1) is 13.6. The third-order valence-electron chi connectivity index (χ3n) is 4.74. The second kappa shape index (κ2) is 12.0. The van der Waals surface area contributed by atoms with Crippen molar-refractivity contribution in [3.8, 4) is 0 Å². The molecule has 0 aliphatic carbocycles. The van der Waals surface area contributed by atoms with Crippen LogP contribution in [-0.2, 0) is 16.4 Å². The second-order valence-corrected chi connectivity index (χ2v) is 8.93. The summed E-state index contributed by atoms with van der Waals surface area (Å²) in [6, 6.07) is 3.98. The van der Waals surface area contributed by atoms with Crippen molar-refractivity contribution in [2.45, 2.75) is 38.6 Å². The van der Waals surface area contributed by atoms with Gasteiger partial charge in [-0.1, -0.05) is 6.07 Å². The fourth-order valence-electron chi connectivity index (χ4n) is 3.01. The van der Waals surface area contributed by atoms with E-state index in [0.717, 1.165) is 17.7 Å². The van der Waals surface area contributed by atoms with Crippen molar-refractivity contribution in [2.75, 3.05) is 32.7 Å². The molecule has 0 spiro atoms. The van der Waals surface area contributed by atoms with Gasteiger partial charge in [-0.25, -0.2) is 8.42 Å². The topological polar surface area (TPSA) is 86.7 Å². The summed E-state index contributed by atoms with van der Waals surface area (Å²) in [5, 5.41) is 6.37. The van der Waals surface area contributed by atoms with E-state index in [-0.39, 0.29) is 43.0 Å². The molecule has 0 radical (unpaired) electrons. The highest BCUT2D eigenvalue weighted by atomic mass is 127. The summed E-state index contributed by atoms with van der Waals surface area (Å²) in [6.07, 6.45) is 3.33. The molecule has 2 rings (SSSR count). The van der Waals surface area contributed by atoms with Crippen LogP contribution in [0.3, 0.4) is 0 Å². The van der Waals surface area contributed by atoms with Gasteiger partial charge in [-0.05, 0) is 50.7 Å². The second-order valence-electron chi connectivity index (χ2n) is 7.00. The molecular formula is C18H29F3IN5O2S. The molecule has 0 saturated carbocycles. The molecule has 1 aromatic rings. The minimum atomic E-state index is -5.24. The highest BCUT2D eigenvalue weighted by Gasteiger charge is 2.50. The molecule has 1 aliphatic rings. The molecule has 1 fully saturated rings. The number of nitrogens with one attached hydrogen (secondary N) is 2. The van der Waals surface area contributed by atoms with E-state index in [9.17, 15) is 21.6 Å². The van der Waals surface area contributed by atoms with E-state index in [0.29, 0.717) is 42.7 Å². The minimum absolute atomic E-state index is 0. The zero-order valence-corrected chi connectivity index (χ0v) is 20.2. The molecule has 0 unspecified atom stereocenters. The number of sulfonamides is 1. The van der Waals surface area contributed by atoms with Gasteiger partial charge in [0.1, 0.15) is 0 Å². The van der Waals surface area contributed by atoms with Crippen molar-refractivity contribution in [3.63, 3.8) is 0 Å². The number of guanidine groups is 1. The molecular weight excluding hydrogens is 534 g/mol. The number of pyridine rings is 1. The number of rotatable bonds is 7. The first-order valence-electron chi connectivity index (χ1n) is 9.63. The van der Waals surface area contributed by atoms with Crippen molar-refractivity contribution in [1.29, 1.82) is 0 Å². The molecule has 1 saturated heterocycles. The molecule has 0 amide bonds. The number of aliphatic imine (C=N–C) groups is 1. The SMILES string of the molecule is CCNC(=NCC1CCN(S(=O)(=O)C(F)(F)F)CC1)NCCc1ccc(C)nc1.I. The van der Waals surface area contributed by atoms with Crippen LogP contribution in [0.25, 0.3) is 0 Å². The van der Waals surface area contributed by atoms with Gasteiger partial charge >= 0.3 is 15.5 Å². The summed E-state index contributed by atoms with van der Waals surface area (Å²) in [7, 11) is -5.24. The van der Waals surface area contributed by atoms with Gasteiger partial charge in [0.25, 0.3) is 0 Å². The van der Waals surface area contributed by atoms with E-state index in [4.69, 9.17) is 0 Å². The maximum absolute atomic E-state index is 12.6. The number of alkyl halides is 3. The van der Waals surface area contributed by atoms with Crippen molar-refractivity contribution in [2.24, 2.45) is 10.9 Å². The van der Waals surface area contributed by atoms with Gasteiger partial charge in [0.15, 0.2) is 5.96 Å². The zero-order chi connectivity index (χ0) is 21.5. The molecule has 0 atom stereocenters. The number of hydrogen-bond acceptors (Lipinski definition) is 4. The summed E-state index contributed by atoms with van der Waals surface area (Å²) >= 11 is 0. The fraction of sp³-hybridized carbons (Fsp3) is 0.667. The summed E-state index contributed by atoms with van der Waals surface area (Å²) in [5.74, 6) is 0.685. The number of halogens is 4. The predicted octanol–water partition coefficient (Wildman–Crippen LogP) is 2.67. The third kappa shape index (κ3) is 7.84. The lowest BCUT2D eigenvalue weighted by Gasteiger charge is -2.30. The Morgan fingerprint density at radius 3 is 2.47 bits per heavy atom. The zero-order valence-electron chi connectivity index (χ0n) is 17.1. The van der Waals surface area contributed by atoms with Crippen LogP contribution in [0.2, 0.25) is 0 Å². The lowest BCUT2D eigenvalue weighted by atomic mass is 9.98. The molecule has 12 heteroatoms. The fourth-order valence-corrected chi connectivity index (χ4v) is 4.00. The number of nitrogens with zero attached hydrogens (tertiary/aromatic N) is 3. The quantitative estimate of drug-likeness (QED) is 0.303. The Kier molecular flexibility index (Phi) is 10.8. The number of aromatic nitrogens is 1. The maximum Gasteiger partial charge on any atom is 0.511 e. The van der Waals surface area contributed by atoms with Crippen LogP contribution in [0.15, 0.2) is 23.3 Å². The van der Waals surface area contributed by atoms with Gasteiger partial charge in [0, 0.05) is 44.6 Å². The number of piperidine rings is 1. The Labute approximate surface area is 193 Å². The van der Waals surface area contributed by atoms with E-state index in [1.165, 1.54) is 0 Å². The van der Waals surface area contributed by atoms with E-state index in [1.54, 1.807) is 0 Å². The standard InChI is InChI=1S/C18H28F3N5O2S.HI/c1-3-22-17(23-9-6-15-5-4-14(2)24-12-15)25-13-16-7-10-26(11-8-16)29(27,28)18(19,20)21;/h4-5,12,16H,3,6-11,13H2,1-2H3,(H2,22,23,25);1H. The molecule has 1 aliphatic heterocycles. The predicted molar refractivity (Wildman–Crippen MR) is 121 cm³/mol. The number of aryl methyl sites for hydroxylation is 1. The summed E-state index contributed by atoms with van der Waals surface area (Å²) in [4.78, 5) is 8.77. The Morgan fingerprint density at radius 2 is 1.93 bits per heavy atom.